The zero-order chi connectivity index (χ0) is 32.8. The van der Waals surface area contributed by atoms with Gasteiger partial charge in [-0.25, -0.2) is 9.97 Å². The summed E-state index contributed by atoms with van der Waals surface area (Å²) >= 11 is 0. The number of benzene rings is 6. The molecule has 0 N–H and O–H groups in total. The van der Waals surface area contributed by atoms with E-state index in [4.69, 9.17) is 9.97 Å². The zero-order valence-electron chi connectivity index (χ0n) is 27.9. The summed E-state index contributed by atoms with van der Waals surface area (Å²) in [5.74, 6) is 0.731. The van der Waals surface area contributed by atoms with E-state index in [1.54, 1.807) is 5.56 Å². The summed E-state index contributed by atoms with van der Waals surface area (Å²) in [5, 5.41) is 0. The smallest absolute Gasteiger partial charge is 0.160 e. The van der Waals surface area contributed by atoms with Gasteiger partial charge in [0, 0.05) is 22.1 Å². The van der Waals surface area contributed by atoms with Crippen molar-refractivity contribution in [1.29, 1.82) is 0 Å². The summed E-state index contributed by atoms with van der Waals surface area (Å²) in [7, 11) is 0. The molecule has 0 unspecified atom stereocenters. The fourth-order valence-corrected chi connectivity index (χ4v) is 8.37. The summed E-state index contributed by atoms with van der Waals surface area (Å²) < 4.78 is 0. The van der Waals surface area contributed by atoms with Crippen LogP contribution in [0.3, 0.4) is 0 Å². The molecule has 236 valence electrons. The van der Waals surface area contributed by atoms with Crippen molar-refractivity contribution < 1.29 is 0 Å². The molecule has 2 aliphatic rings. The van der Waals surface area contributed by atoms with Gasteiger partial charge in [-0.15, -0.1) is 0 Å². The maximum absolute atomic E-state index is 5.11. The fraction of sp³-hybridized carbons (Fsp3) is 0.149. The number of hydrogen-bond donors (Lipinski definition) is 0. The number of aryl methyl sites for hydroxylation is 1. The van der Waals surface area contributed by atoms with Crippen molar-refractivity contribution in [3.63, 3.8) is 0 Å². The minimum atomic E-state index is 0.184. The minimum Gasteiger partial charge on any atom is -0.228 e. The Morgan fingerprint density at radius 3 is 1.80 bits per heavy atom. The molecule has 1 heterocycles. The van der Waals surface area contributed by atoms with Crippen LogP contribution in [-0.4, -0.2) is 9.97 Å². The third-order valence-corrected chi connectivity index (χ3v) is 10.8. The molecule has 49 heavy (non-hydrogen) atoms. The molecule has 0 atom stereocenters. The number of aromatic nitrogens is 2. The lowest BCUT2D eigenvalue weighted by molar-refractivity contribution is 0.353. The molecule has 9 rings (SSSR count). The van der Waals surface area contributed by atoms with Crippen LogP contribution < -0.4 is 0 Å². The van der Waals surface area contributed by atoms with E-state index in [9.17, 15) is 0 Å². The lowest BCUT2D eigenvalue weighted by Crippen LogP contribution is -2.27. The number of hydrogen-bond acceptors (Lipinski definition) is 2. The average Bonchev–Trinajstić information content (AvgIpc) is 3.44. The minimum absolute atomic E-state index is 0.184. The van der Waals surface area contributed by atoms with Gasteiger partial charge in [0.25, 0.3) is 0 Å². The zero-order valence-corrected chi connectivity index (χ0v) is 27.9. The molecule has 1 saturated carbocycles. The lowest BCUT2D eigenvalue weighted by atomic mass is 9.68. The number of fused-ring (bicyclic) bond motifs is 5. The van der Waals surface area contributed by atoms with E-state index in [0.29, 0.717) is 0 Å². The van der Waals surface area contributed by atoms with Crippen LogP contribution in [-0.2, 0) is 5.41 Å². The normalized spacial score (nSPS) is 14.4. The Kier molecular flexibility index (Phi) is 7.31. The van der Waals surface area contributed by atoms with Gasteiger partial charge in [0.2, 0.25) is 0 Å². The highest BCUT2D eigenvalue weighted by Gasteiger charge is 2.43. The van der Waals surface area contributed by atoms with Crippen LogP contribution in [0.1, 0.15) is 48.8 Å². The first-order valence-corrected chi connectivity index (χ1v) is 17.6. The van der Waals surface area contributed by atoms with Crippen molar-refractivity contribution in [2.24, 2.45) is 0 Å². The third-order valence-electron chi connectivity index (χ3n) is 10.8. The molecule has 0 saturated heterocycles. The van der Waals surface area contributed by atoms with E-state index in [2.05, 4.69) is 134 Å². The van der Waals surface area contributed by atoms with Crippen molar-refractivity contribution in [2.45, 2.75) is 44.4 Å². The highest BCUT2D eigenvalue weighted by atomic mass is 14.9. The standard InChI is InChI=1S/C47H38N2/c1-32-22-23-38(45-31-44(33-14-5-2-6-15-33)48-46(49-45)34-16-7-3-8-17-34)30-40(32)37-19-13-18-35(28-37)36-24-25-43-41(29-36)39-20-9-10-21-42(39)47(43)26-11-4-12-27-47/h2-3,5-10,13-25,28-31H,4,11-12,26-27H2,1H3. The van der Waals surface area contributed by atoms with Crippen LogP contribution in [0.2, 0.25) is 0 Å². The summed E-state index contributed by atoms with van der Waals surface area (Å²) in [6, 6.07) is 54.9. The Bertz CT molecular complexity index is 2260. The van der Waals surface area contributed by atoms with E-state index in [-0.39, 0.29) is 5.41 Å². The van der Waals surface area contributed by atoms with E-state index < -0.39 is 0 Å². The maximum Gasteiger partial charge on any atom is 0.160 e. The number of nitrogens with zero attached hydrogens (tertiary/aromatic N) is 2. The second-order valence-electron chi connectivity index (χ2n) is 13.8. The quantitative estimate of drug-likeness (QED) is 0.189. The van der Waals surface area contributed by atoms with Crippen LogP contribution in [0.25, 0.3) is 67.3 Å². The first-order chi connectivity index (χ1) is 24.2. The number of rotatable bonds is 5. The molecule has 0 bridgehead atoms. The van der Waals surface area contributed by atoms with Crippen molar-refractivity contribution in [3.8, 4) is 67.3 Å². The molecule has 0 radical (unpaired) electrons. The second-order valence-corrected chi connectivity index (χ2v) is 13.8. The van der Waals surface area contributed by atoms with Gasteiger partial charge in [-0.1, -0.05) is 147 Å². The molecule has 0 amide bonds. The largest absolute Gasteiger partial charge is 0.228 e. The molecular formula is C47H38N2. The highest BCUT2D eigenvalue weighted by Crippen LogP contribution is 2.56. The summed E-state index contributed by atoms with van der Waals surface area (Å²) in [6.45, 7) is 2.20. The van der Waals surface area contributed by atoms with Crippen LogP contribution in [0, 0.1) is 6.92 Å². The summed E-state index contributed by atoms with van der Waals surface area (Å²) in [4.78, 5) is 10.1. The Hall–Kier alpha value is -5.60. The predicted molar refractivity (Wildman–Crippen MR) is 203 cm³/mol. The van der Waals surface area contributed by atoms with Crippen molar-refractivity contribution >= 4 is 0 Å². The summed E-state index contributed by atoms with van der Waals surface area (Å²) in [5.41, 5.74) is 17.3. The Labute approximate surface area is 289 Å². The average molecular weight is 631 g/mol. The van der Waals surface area contributed by atoms with Gasteiger partial charge in [-0.05, 0) is 94.1 Å². The molecule has 1 aromatic heterocycles. The topological polar surface area (TPSA) is 25.8 Å². The highest BCUT2D eigenvalue weighted by molar-refractivity contribution is 5.86. The van der Waals surface area contributed by atoms with E-state index >= 15 is 0 Å². The van der Waals surface area contributed by atoms with Crippen molar-refractivity contribution in [1.82, 2.24) is 9.97 Å². The van der Waals surface area contributed by atoms with Crippen molar-refractivity contribution in [2.75, 3.05) is 0 Å². The van der Waals surface area contributed by atoms with Crippen LogP contribution in [0.15, 0.2) is 152 Å². The van der Waals surface area contributed by atoms with Gasteiger partial charge in [-0.2, -0.15) is 0 Å². The van der Waals surface area contributed by atoms with Gasteiger partial charge in [0.15, 0.2) is 5.82 Å². The van der Waals surface area contributed by atoms with Gasteiger partial charge in [0.1, 0.15) is 0 Å². The third kappa shape index (κ3) is 5.20. The fourth-order valence-electron chi connectivity index (χ4n) is 8.37. The van der Waals surface area contributed by atoms with Crippen molar-refractivity contribution in [3.05, 3.63) is 168 Å². The van der Waals surface area contributed by atoms with Gasteiger partial charge in [-0.3, -0.25) is 0 Å². The summed E-state index contributed by atoms with van der Waals surface area (Å²) in [6.07, 6.45) is 6.49. The van der Waals surface area contributed by atoms with E-state index in [0.717, 1.165) is 33.9 Å². The Morgan fingerprint density at radius 1 is 0.408 bits per heavy atom. The maximum atomic E-state index is 5.11. The SMILES string of the molecule is Cc1ccc(-c2cc(-c3ccccc3)nc(-c3ccccc3)n2)cc1-c1cccc(-c2ccc3c(c2)-c2ccccc2C32CCCCC2)c1. The van der Waals surface area contributed by atoms with Crippen LogP contribution in [0.4, 0.5) is 0 Å². The van der Waals surface area contributed by atoms with Crippen LogP contribution in [0.5, 0.6) is 0 Å². The molecule has 0 aliphatic heterocycles. The van der Waals surface area contributed by atoms with E-state index in [1.807, 2.05) is 24.3 Å². The molecule has 2 heteroatoms. The predicted octanol–water partition coefficient (Wildman–Crippen LogP) is 12.4. The molecule has 6 aromatic carbocycles. The molecule has 2 aliphatic carbocycles. The van der Waals surface area contributed by atoms with Gasteiger partial charge in [0.05, 0.1) is 11.4 Å². The molecule has 2 nitrogen and oxygen atoms in total. The molecule has 7 aromatic rings. The lowest BCUT2D eigenvalue weighted by Gasteiger charge is -2.36. The van der Waals surface area contributed by atoms with Crippen LogP contribution >= 0.6 is 0 Å². The Balaban J connectivity index is 1.12. The second kappa shape index (κ2) is 12.1. The molecular weight excluding hydrogens is 593 g/mol. The first-order valence-electron chi connectivity index (χ1n) is 17.6. The Morgan fingerprint density at radius 2 is 1.00 bits per heavy atom. The first kappa shape index (κ1) is 29.5. The van der Waals surface area contributed by atoms with E-state index in [1.165, 1.54) is 76.6 Å². The molecule has 1 spiro atoms. The van der Waals surface area contributed by atoms with Gasteiger partial charge < -0.3 is 0 Å². The molecule has 1 fully saturated rings. The monoisotopic (exact) mass is 630 g/mol. The van der Waals surface area contributed by atoms with Gasteiger partial charge >= 0.3 is 0 Å².